The van der Waals surface area contributed by atoms with Gasteiger partial charge in [0.2, 0.25) is 0 Å². The second kappa shape index (κ2) is 5.97. The third-order valence-electron chi connectivity index (χ3n) is 3.49. The summed E-state index contributed by atoms with van der Waals surface area (Å²) in [5, 5.41) is 3.54. The van der Waals surface area contributed by atoms with Crippen molar-refractivity contribution in [3.05, 3.63) is 59.7 Å². The summed E-state index contributed by atoms with van der Waals surface area (Å²) in [6, 6.07) is 16.7. The topological polar surface area (TPSA) is 30.5 Å². The van der Waals surface area contributed by atoms with E-state index in [9.17, 15) is 0 Å². The van der Waals surface area contributed by atoms with Crippen LogP contribution in [0, 0.1) is 0 Å². The average Bonchev–Trinajstić information content (AvgIpc) is 2.90. The minimum atomic E-state index is 0.276. The third kappa shape index (κ3) is 2.78. The summed E-state index contributed by atoms with van der Waals surface area (Å²) in [4.78, 5) is 0. The lowest BCUT2D eigenvalue weighted by atomic mass is 10.1. The Morgan fingerprint density at radius 1 is 1.15 bits per heavy atom. The molecule has 2 aromatic rings. The largest absolute Gasteiger partial charge is 0.494 e. The summed E-state index contributed by atoms with van der Waals surface area (Å²) < 4.78 is 11.1. The highest BCUT2D eigenvalue weighted by atomic mass is 16.5. The van der Waals surface area contributed by atoms with E-state index >= 15 is 0 Å². The van der Waals surface area contributed by atoms with Gasteiger partial charge in [-0.3, -0.25) is 0 Å². The van der Waals surface area contributed by atoms with Crippen molar-refractivity contribution in [2.45, 2.75) is 19.5 Å². The first-order valence-electron chi connectivity index (χ1n) is 7.03. The van der Waals surface area contributed by atoms with Crippen LogP contribution >= 0.6 is 0 Å². The molecule has 0 saturated carbocycles. The van der Waals surface area contributed by atoms with Crippen molar-refractivity contribution in [1.82, 2.24) is 5.32 Å². The van der Waals surface area contributed by atoms with Gasteiger partial charge < -0.3 is 14.8 Å². The van der Waals surface area contributed by atoms with E-state index in [4.69, 9.17) is 9.47 Å². The third-order valence-corrected chi connectivity index (χ3v) is 3.49. The van der Waals surface area contributed by atoms with E-state index in [-0.39, 0.29) is 6.04 Å². The van der Waals surface area contributed by atoms with Crippen LogP contribution in [0.1, 0.15) is 24.1 Å². The van der Waals surface area contributed by atoms with Gasteiger partial charge in [-0.1, -0.05) is 30.3 Å². The molecule has 0 fully saturated rings. The molecule has 0 amide bonds. The Bertz CT molecular complexity index is 565. The minimum Gasteiger partial charge on any atom is -0.494 e. The molecule has 20 heavy (non-hydrogen) atoms. The highest BCUT2D eigenvalue weighted by molar-refractivity contribution is 5.39. The maximum Gasteiger partial charge on any atom is 0.124 e. The zero-order chi connectivity index (χ0) is 13.8. The molecule has 1 N–H and O–H groups in total. The molecule has 0 saturated heterocycles. The van der Waals surface area contributed by atoms with Gasteiger partial charge in [0.05, 0.1) is 12.6 Å². The Labute approximate surface area is 119 Å². The molecule has 104 valence electrons. The molecule has 0 aromatic heterocycles. The Kier molecular flexibility index (Phi) is 3.88. The van der Waals surface area contributed by atoms with E-state index in [0.29, 0.717) is 13.2 Å². The van der Waals surface area contributed by atoms with Gasteiger partial charge in [-0.2, -0.15) is 0 Å². The van der Waals surface area contributed by atoms with Gasteiger partial charge >= 0.3 is 0 Å². The standard InChI is InChI=1S/C17H19NO2/c1-2-19-14-9-7-13(8-10-14)11-18-16-12-20-17-6-4-3-5-15(16)17/h3-10,16,18H,2,11-12H2,1H3. The summed E-state index contributed by atoms with van der Waals surface area (Å²) in [6.07, 6.45) is 0. The fourth-order valence-corrected chi connectivity index (χ4v) is 2.44. The smallest absolute Gasteiger partial charge is 0.124 e. The molecule has 0 radical (unpaired) electrons. The summed E-state index contributed by atoms with van der Waals surface area (Å²) in [6.45, 7) is 4.23. The Morgan fingerprint density at radius 3 is 2.75 bits per heavy atom. The summed E-state index contributed by atoms with van der Waals surface area (Å²) in [7, 11) is 0. The highest BCUT2D eigenvalue weighted by Gasteiger charge is 2.22. The predicted octanol–water partition coefficient (Wildman–Crippen LogP) is 3.31. The molecule has 0 aliphatic carbocycles. The number of benzene rings is 2. The van der Waals surface area contributed by atoms with Gasteiger partial charge in [0.25, 0.3) is 0 Å². The van der Waals surface area contributed by atoms with Crippen LogP contribution in [0.25, 0.3) is 0 Å². The van der Waals surface area contributed by atoms with Gasteiger partial charge in [-0.25, -0.2) is 0 Å². The first-order valence-corrected chi connectivity index (χ1v) is 7.03. The van der Waals surface area contributed by atoms with Crippen molar-refractivity contribution in [2.24, 2.45) is 0 Å². The lowest BCUT2D eigenvalue weighted by molar-refractivity contribution is 0.310. The molecule has 2 aromatic carbocycles. The van der Waals surface area contributed by atoms with Gasteiger partial charge in [-0.05, 0) is 30.7 Å². The molecule has 1 unspecified atom stereocenters. The van der Waals surface area contributed by atoms with Crippen LogP contribution in [-0.4, -0.2) is 13.2 Å². The van der Waals surface area contributed by atoms with Crippen LogP contribution in [-0.2, 0) is 6.54 Å². The van der Waals surface area contributed by atoms with Gasteiger partial charge in [0, 0.05) is 12.1 Å². The van der Waals surface area contributed by atoms with Crippen molar-refractivity contribution < 1.29 is 9.47 Å². The molecule has 0 spiro atoms. The SMILES string of the molecule is CCOc1ccc(CNC2COc3ccccc32)cc1. The lowest BCUT2D eigenvalue weighted by Gasteiger charge is -2.12. The zero-order valence-electron chi connectivity index (χ0n) is 11.6. The van der Waals surface area contributed by atoms with E-state index in [0.717, 1.165) is 18.0 Å². The number of hydrogen-bond acceptors (Lipinski definition) is 3. The first kappa shape index (κ1) is 13.0. The molecule has 3 nitrogen and oxygen atoms in total. The normalized spacial score (nSPS) is 16.6. The van der Waals surface area contributed by atoms with E-state index in [1.54, 1.807) is 0 Å². The van der Waals surface area contributed by atoms with Crippen molar-refractivity contribution in [3.8, 4) is 11.5 Å². The average molecular weight is 269 g/mol. The van der Waals surface area contributed by atoms with Gasteiger partial charge in [0.15, 0.2) is 0 Å². The number of fused-ring (bicyclic) bond motifs is 1. The molecule has 3 rings (SSSR count). The second-order valence-corrected chi connectivity index (χ2v) is 4.86. The molecule has 0 bridgehead atoms. The summed E-state index contributed by atoms with van der Waals surface area (Å²) >= 11 is 0. The molecule has 3 heteroatoms. The van der Waals surface area contributed by atoms with Crippen molar-refractivity contribution in [3.63, 3.8) is 0 Å². The van der Waals surface area contributed by atoms with Crippen molar-refractivity contribution >= 4 is 0 Å². The Hall–Kier alpha value is -2.00. The number of ether oxygens (including phenoxy) is 2. The van der Waals surface area contributed by atoms with Gasteiger partial charge in [0.1, 0.15) is 18.1 Å². The quantitative estimate of drug-likeness (QED) is 0.903. The van der Waals surface area contributed by atoms with Crippen LogP contribution in [0.15, 0.2) is 48.5 Å². The van der Waals surface area contributed by atoms with Crippen LogP contribution in [0.2, 0.25) is 0 Å². The van der Waals surface area contributed by atoms with E-state index in [2.05, 4.69) is 29.6 Å². The maximum atomic E-state index is 5.67. The summed E-state index contributed by atoms with van der Waals surface area (Å²) in [5.74, 6) is 1.92. The maximum absolute atomic E-state index is 5.67. The van der Waals surface area contributed by atoms with Crippen LogP contribution in [0.5, 0.6) is 11.5 Å². The van der Waals surface area contributed by atoms with E-state index < -0.39 is 0 Å². The van der Waals surface area contributed by atoms with Crippen LogP contribution in [0.4, 0.5) is 0 Å². The fraction of sp³-hybridized carbons (Fsp3) is 0.294. The lowest BCUT2D eigenvalue weighted by Crippen LogP contribution is -2.21. The number of hydrogen-bond donors (Lipinski definition) is 1. The molecule has 1 atom stereocenters. The summed E-state index contributed by atoms with van der Waals surface area (Å²) in [5.41, 5.74) is 2.50. The number of rotatable bonds is 5. The van der Waals surface area contributed by atoms with Crippen molar-refractivity contribution in [1.29, 1.82) is 0 Å². The Balaban J connectivity index is 1.60. The van der Waals surface area contributed by atoms with E-state index in [1.807, 2.05) is 31.2 Å². The van der Waals surface area contributed by atoms with Crippen LogP contribution < -0.4 is 14.8 Å². The number of para-hydroxylation sites is 1. The fourth-order valence-electron chi connectivity index (χ4n) is 2.44. The monoisotopic (exact) mass is 269 g/mol. The molecule has 1 aliphatic rings. The Morgan fingerprint density at radius 2 is 1.95 bits per heavy atom. The van der Waals surface area contributed by atoms with E-state index in [1.165, 1.54) is 11.1 Å². The molecule has 1 heterocycles. The van der Waals surface area contributed by atoms with Gasteiger partial charge in [-0.15, -0.1) is 0 Å². The molecular formula is C17H19NO2. The predicted molar refractivity (Wildman–Crippen MR) is 79.1 cm³/mol. The molecular weight excluding hydrogens is 250 g/mol. The zero-order valence-corrected chi connectivity index (χ0v) is 11.6. The van der Waals surface area contributed by atoms with Crippen LogP contribution in [0.3, 0.4) is 0 Å². The number of nitrogens with one attached hydrogen (secondary N) is 1. The minimum absolute atomic E-state index is 0.276. The second-order valence-electron chi connectivity index (χ2n) is 4.86. The first-order chi connectivity index (χ1) is 9.86. The van der Waals surface area contributed by atoms with Crippen molar-refractivity contribution in [2.75, 3.05) is 13.2 Å². The molecule has 1 aliphatic heterocycles. The highest BCUT2D eigenvalue weighted by Crippen LogP contribution is 2.31.